The summed E-state index contributed by atoms with van der Waals surface area (Å²) in [7, 11) is -3.19. The second-order valence-electron chi connectivity index (χ2n) is 9.15. The fraction of sp³-hybridized carbons (Fsp3) is 0.129. The van der Waals surface area contributed by atoms with Gasteiger partial charge in [-0.3, -0.25) is 4.98 Å². The predicted octanol–water partition coefficient (Wildman–Crippen LogP) is 5.86. The van der Waals surface area contributed by atoms with Crippen molar-refractivity contribution in [2.45, 2.75) is 6.54 Å². The Balaban J connectivity index is 1.31. The number of hydrogen-bond donors (Lipinski definition) is 3. The number of aromatic nitrogens is 1. The van der Waals surface area contributed by atoms with Gasteiger partial charge in [0.1, 0.15) is 11.5 Å². The third-order valence-electron chi connectivity index (χ3n) is 6.29. The van der Waals surface area contributed by atoms with Crippen molar-refractivity contribution < 1.29 is 13.2 Å². The summed E-state index contributed by atoms with van der Waals surface area (Å²) in [5.41, 5.74) is 11.3. The lowest BCUT2D eigenvalue weighted by Gasteiger charge is -2.12. The molecule has 5 rings (SSSR count). The van der Waals surface area contributed by atoms with Gasteiger partial charge in [-0.25, -0.2) is 8.42 Å². The zero-order valence-electron chi connectivity index (χ0n) is 21.4. The van der Waals surface area contributed by atoms with Crippen LogP contribution in [0.4, 0.5) is 11.4 Å². The van der Waals surface area contributed by atoms with Crippen LogP contribution in [0.5, 0.6) is 11.5 Å². The van der Waals surface area contributed by atoms with Gasteiger partial charge in [0.05, 0.1) is 17.1 Å². The van der Waals surface area contributed by atoms with Gasteiger partial charge < -0.3 is 21.1 Å². The van der Waals surface area contributed by atoms with Gasteiger partial charge in [0, 0.05) is 36.0 Å². The molecule has 8 heteroatoms. The first-order chi connectivity index (χ1) is 19.0. The highest BCUT2D eigenvalue weighted by Gasteiger charge is 2.09. The lowest BCUT2D eigenvalue weighted by atomic mass is 10.0. The number of nitrogens with one attached hydrogen (secondary N) is 2. The molecule has 4 aromatic carbocycles. The molecule has 0 aliphatic rings. The molecule has 4 N–H and O–H groups in total. The van der Waals surface area contributed by atoms with E-state index in [1.807, 2.05) is 78.9 Å². The Kier molecular flexibility index (Phi) is 8.17. The smallest absolute Gasteiger partial charge is 0.164 e. The van der Waals surface area contributed by atoms with Crippen LogP contribution in [0.25, 0.3) is 22.0 Å². The van der Waals surface area contributed by atoms with Crippen molar-refractivity contribution in [2.24, 2.45) is 5.73 Å². The summed E-state index contributed by atoms with van der Waals surface area (Å²) in [6.45, 7) is 0.930. The number of ether oxygens (including phenoxy) is 1. The van der Waals surface area contributed by atoms with E-state index >= 15 is 0 Å². The Bertz CT molecular complexity index is 1660. The third-order valence-corrected chi connectivity index (χ3v) is 7.62. The SMILES string of the molecule is NCS(=O)(=O)CCNCc1cccc(-c2ccc3nccc(Nc4ccc(Oc5ccccc5)cc4)c3c2)c1. The Labute approximate surface area is 228 Å². The molecule has 0 atom stereocenters. The van der Waals surface area contributed by atoms with Crippen molar-refractivity contribution in [3.05, 3.63) is 115 Å². The quantitative estimate of drug-likeness (QED) is 0.181. The molecule has 0 unspecified atom stereocenters. The van der Waals surface area contributed by atoms with E-state index < -0.39 is 9.84 Å². The molecule has 198 valence electrons. The molecular formula is C31H30N4O3S. The largest absolute Gasteiger partial charge is 0.457 e. The number of fused-ring (bicyclic) bond motifs is 1. The molecule has 0 fully saturated rings. The van der Waals surface area contributed by atoms with E-state index in [2.05, 4.69) is 39.9 Å². The summed E-state index contributed by atoms with van der Waals surface area (Å²) in [5.74, 6) is 1.26. The van der Waals surface area contributed by atoms with Gasteiger partial charge in [0.25, 0.3) is 0 Å². The summed E-state index contributed by atoms with van der Waals surface area (Å²) in [6.07, 6.45) is 1.80. The van der Waals surface area contributed by atoms with Gasteiger partial charge in [0.15, 0.2) is 9.84 Å². The Morgan fingerprint density at radius 3 is 2.36 bits per heavy atom. The summed E-state index contributed by atoms with van der Waals surface area (Å²) >= 11 is 0. The average Bonchev–Trinajstić information content (AvgIpc) is 2.97. The van der Waals surface area contributed by atoms with Crippen molar-refractivity contribution in [2.75, 3.05) is 23.5 Å². The van der Waals surface area contributed by atoms with Gasteiger partial charge in [0.2, 0.25) is 0 Å². The zero-order valence-corrected chi connectivity index (χ0v) is 22.2. The number of pyridine rings is 1. The molecule has 0 aliphatic heterocycles. The Hall–Kier alpha value is -4.24. The van der Waals surface area contributed by atoms with Gasteiger partial charge in [-0.05, 0) is 77.4 Å². The van der Waals surface area contributed by atoms with E-state index in [9.17, 15) is 8.42 Å². The molecule has 39 heavy (non-hydrogen) atoms. The van der Waals surface area contributed by atoms with E-state index in [1.165, 1.54) is 0 Å². The summed E-state index contributed by atoms with van der Waals surface area (Å²) < 4.78 is 29.1. The standard InChI is InChI=1S/C31H30N4O3S/c32-22-39(36,37)18-17-33-21-23-5-4-6-24(19-23)25-9-14-30-29(20-25)31(15-16-34-30)35-26-10-12-28(13-11-26)38-27-7-2-1-3-8-27/h1-16,19-20,33H,17-18,21-22,32H2,(H,34,35). The number of benzene rings is 4. The first kappa shape index (κ1) is 26.4. The first-order valence-electron chi connectivity index (χ1n) is 12.7. The molecule has 7 nitrogen and oxygen atoms in total. The van der Waals surface area contributed by atoms with Crippen LogP contribution in [-0.4, -0.2) is 31.6 Å². The van der Waals surface area contributed by atoms with Crippen LogP contribution < -0.4 is 21.1 Å². The van der Waals surface area contributed by atoms with Crippen LogP contribution in [0.15, 0.2) is 109 Å². The van der Waals surface area contributed by atoms with E-state index in [-0.39, 0.29) is 11.6 Å². The second-order valence-corrected chi connectivity index (χ2v) is 11.4. The zero-order chi connectivity index (χ0) is 27.1. The minimum absolute atomic E-state index is 0.0272. The maximum atomic E-state index is 11.6. The number of anilines is 2. The average molecular weight is 539 g/mol. The van der Waals surface area contributed by atoms with Gasteiger partial charge in [-0.1, -0.05) is 42.5 Å². The first-order valence-corrected chi connectivity index (χ1v) is 14.5. The van der Waals surface area contributed by atoms with E-state index in [0.717, 1.165) is 50.5 Å². The van der Waals surface area contributed by atoms with E-state index in [1.54, 1.807) is 6.20 Å². The summed E-state index contributed by atoms with van der Waals surface area (Å²) in [6, 6.07) is 34.0. The number of rotatable bonds is 11. The highest BCUT2D eigenvalue weighted by atomic mass is 32.2. The molecule has 1 aromatic heterocycles. The molecule has 0 bridgehead atoms. The highest BCUT2D eigenvalue weighted by Crippen LogP contribution is 2.31. The van der Waals surface area contributed by atoms with Crippen LogP contribution in [0.1, 0.15) is 5.56 Å². The minimum Gasteiger partial charge on any atom is -0.457 e. The fourth-order valence-electron chi connectivity index (χ4n) is 4.23. The van der Waals surface area contributed by atoms with Crippen molar-refractivity contribution >= 4 is 32.1 Å². The molecule has 0 aliphatic carbocycles. The maximum Gasteiger partial charge on any atom is 0.164 e. The van der Waals surface area contributed by atoms with Crippen LogP contribution >= 0.6 is 0 Å². The molecule has 0 saturated carbocycles. The number of nitrogens with zero attached hydrogens (tertiary/aromatic N) is 1. The predicted molar refractivity (Wildman–Crippen MR) is 158 cm³/mol. The van der Waals surface area contributed by atoms with Crippen LogP contribution in [0.3, 0.4) is 0 Å². The van der Waals surface area contributed by atoms with Crippen LogP contribution in [0.2, 0.25) is 0 Å². The summed E-state index contributed by atoms with van der Waals surface area (Å²) in [5, 5.41) is 7.72. The summed E-state index contributed by atoms with van der Waals surface area (Å²) in [4.78, 5) is 4.55. The molecule has 0 spiro atoms. The number of sulfone groups is 1. The Morgan fingerprint density at radius 2 is 1.56 bits per heavy atom. The van der Waals surface area contributed by atoms with Gasteiger partial charge >= 0.3 is 0 Å². The maximum absolute atomic E-state index is 11.6. The fourth-order valence-corrected chi connectivity index (χ4v) is 4.85. The molecule has 0 radical (unpaired) electrons. The van der Waals surface area contributed by atoms with E-state index in [0.29, 0.717) is 13.1 Å². The number of para-hydroxylation sites is 1. The van der Waals surface area contributed by atoms with Crippen molar-refractivity contribution in [1.29, 1.82) is 0 Å². The third kappa shape index (κ3) is 7.00. The molecule has 0 saturated heterocycles. The molecular weight excluding hydrogens is 508 g/mol. The van der Waals surface area contributed by atoms with Crippen LogP contribution in [0, 0.1) is 0 Å². The van der Waals surface area contributed by atoms with Crippen LogP contribution in [-0.2, 0) is 16.4 Å². The van der Waals surface area contributed by atoms with E-state index in [4.69, 9.17) is 10.5 Å². The van der Waals surface area contributed by atoms with Crippen molar-refractivity contribution in [3.8, 4) is 22.6 Å². The minimum atomic E-state index is -3.19. The van der Waals surface area contributed by atoms with Gasteiger partial charge in [-0.15, -0.1) is 0 Å². The Morgan fingerprint density at radius 1 is 0.795 bits per heavy atom. The highest BCUT2D eigenvalue weighted by molar-refractivity contribution is 7.91. The topological polar surface area (TPSA) is 106 Å². The lowest BCUT2D eigenvalue weighted by Crippen LogP contribution is -2.26. The number of nitrogens with two attached hydrogens (primary N) is 1. The van der Waals surface area contributed by atoms with Crippen molar-refractivity contribution in [3.63, 3.8) is 0 Å². The second kappa shape index (κ2) is 12.1. The van der Waals surface area contributed by atoms with Crippen molar-refractivity contribution in [1.82, 2.24) is 10.3 Å². The monoisotopic (exact) mass is 538 g/mol. The normalized spacial score (nSPS) is 11.4. The molecule has 0 amide bonds. The molecule has 1 heterocycles. The lowest BCUT2D eigenvalue weighted by molar-refractivity contribution is 0.483. The number of hydrogen-bond acceptors (Lipinski definition) is 7. The molecule has 5 aromatic rings. The van der Waals surface area contributed by atoms with Gasteiger partial charge in [-0.2, -0.15) is 0 Å².